The Kier molecular flexibility index (Phi) is 4.13. The highest BCUT2D eigenvalue weighted by molar-refractivity contribution is 5.78. The van der Waals surface area contributed by atoms with E-state index in [1.165, 1.54) is 30.5 Å². The molecule has 2 fully saturated rings. The molecule has 4 heteroatoms. The first-order chi connectivity index (χ1) is 10.1. The second-order valence-electron chi connectivity index (χ2n) is 6.55. The molecule has 1 heterocycles. The lowest BCUT2D eigenvalue weighted by Gasteiger charge is -2.36. The third-order valence-electron chi connectivity index (χ3n) is 4.75. The van der Waals surface area contributed by atoms with Crippen molar-refractivity contribution in [1.29, 1.82) is 0 Å². The molecule has 1 saturated carbocycles. The van der Waals surface area contributed by atoms with E-state index in [-0.39, 0.29) is 5.82 Å². The zero-order chi connectivity index (χ0) is 14.8. The molecule has 2 aliphatic rings. The summed E-state index contributed by atoms with van der Waals surface area (Å²) in [6, 6.07) is 7.17. The molecule has 21 heavy (non-hydrogen) atoms. The maximum Gasteiger partial charge on any atom is 0.191 e. The Bertz CT molecular complexity index is 505. The van der Waals surface area contributed by atoms with E-state index < -0.39 is 0 Å². The van der Waals surface area contributed by atoms with Gasteiger partial charge in [0.15, 0.2) is 5.96 Å². The molecule has 0 amide bonds. The van der Waals surface area contributed by atoms with Crippen molar-refractivity contribution in [2.75, 3.05) is 13.1 Å². The molecule has 1 atom stereocenters. The molecule has 2 N–H and O–H groups in total. The van der Waals surface area contributed by atoms with Gasteiger partial charge in [0, 0.05) is 13.1 Å². The highest BCUT2D eigenvalue weighted by atomic mass is 19.1. The van der Waals surface area contributed by atoms with Gasteiger partial charge in [0.05, 0.1) is 6.04 Å². The first-order valence-electron chi connectivity index (χ1n) is 7.95. The molecule has 0 spiro atoms. The zero-order valence-electron chi connectivity index (χ0n) is 12.6. The molecule has 114 valence electrons. The van der Waals surface area contributed by atoms with Crippen LogP contribution in [0.3, 0.4) is 0 Å². The number of hydrogen-bond donors (Lipinski definition) is 1. The summed E-state index contributed by atoms with van der Waals surface area (Å²) in [6.07, 6.45) is 4.55. The number of aliphatic imine (C=N–C) groups is 1. The van der Waals surface area contributed by atoms with Crippen LogP contribution in [-0.2, 0) is 0 Å². The molecule has 3 nitrogen and oxygen atoms in total. The Labute approximate surface area is 126 Å². The molecule has 1 aromatic rings. The normalized spacial score (nSPS) is 30.1. The van der Waals surface area contributed by atoms with Crippen LogP contribution in [0, 0.1) is 11.7 Å². The molecule has 1 aromatic carbocycles. The number of halogens is 1. The lowest BCUT2D eigenvalue weighted by molar-refractivity contribution is 0.265. The van der Waals surface area contributed by atoms with Gasteiger partial charge in [-0.3, -0.25) is 0 Å². The topological polar surface area (TPSA) is 41.6 Å². The van der Waals surface area contributed by atoms with Gasteiger partial charge < -0.3 is 10.6 Å². The van der Waals surface area contributed by atoms with Crippen molar-refractivity contribution >= 4 is 5.96 Å². The van der Waals surface area contributed by atoms with Crippen LogP contribution in [-0.4, -0.2) is 30.0 Å². The quantitative estimate of drug-likeness (QED) is 0.671. The minimum absolute atomic E-state index is 0.170. The van der Waals surface area contributed by atoms with Crippen LogP contribution in [0.15, 0.2) is 29.3 Å². The van der Waals surface area contributed by atoms with E-state index in [0.717, 1.165) is 25.9 Å². The number of likely N-dealkylation sites (tertiary alicyclic amines) is 1. The summed E-state index contributed by atoms with van der Waals surface area (Å²) in [5.74, 6) is 1.76. The molecule has 0 bridgehead atoms. The average Bonchev–Trinajstić information content (AvgIpc) is 2.43. The molecular formula is C17H24FN3. The van der Waals surface area contributed by atoms with Crippen LogP contribution < -0.4 is 5.73 Å². The van der Waals surface area contributed by atoms with Gasteiger partial charge in [-0.05, 0) is 55.2 Å². The molecule has 0 aromatic heterocycles. The fourth-order valence-electron chi connectivity index (χ4n) is 3.37. The molecule has 3 rings (SSSR count). The van der Waals surface area contributed by atoms with E-state index in [1.54, 1.807) is 0 Å². The summed E-state index contributed by atoms with van der Waals surface area (Å²) >= 11 is 0. The van der Waals surface area contributed by atoms with Gasteiger partial charge >= 0.3 is 0 Å². The second-order valence-corrected chi connectivity index (χ2v) is 6.55. The van der Waals surface area contributed by atoms with Crippen LogP contribution >= 0.6 is 0 Å². The highest BCUT2D eigenvalue weighted by Gasteiger charge is 2.31. The molecule has 1 aliphatic heterocycles. The third-order valence-corrected chi connectivity index (χ3v) is 4.75. The first-order valence-corrected chi connectivity index (χ1v) is 7.95. The Morgan fingerprint density at radius 3 is 2.67 bits per heavy atom. The Morgan fingerprint density at radius 2 is 2.00 bits per heavy atom. The van der Waals surface area contributed by atoms with Crippen molar-refractivity contribution in [2.45, 2.75) is 44.6 Å². The van der Waals surface area contributed by atoms with Crippen molar-refractivity contribution in [1.82, 2.24) is 4.90 Å². The highest BCUT2D eigenvalue weighted by Crippen LogP contribution is 2.38. The predicted octanol–water partition coefficient (Wildman–Crippen LogP) is 3.12. The standard InChI is InChI=1S/C17H24FN3/c1-12-3-2-8-21(11-12)17(19)20-16-9-14(10-16)13-4-6-15(18)7-5-13/h4-7,12,14,16H,2-3,8-11H2,1H3,(H2,19,20). The minimum Gasteiger partial charge on any atom is -0.370 e. The number of rotatable bonds is 2. The van der Waals surface area contributed by atoms with Crippen LogP contribution in [0.25, 0.3) is 0 Å². The zero-order valence-corrected chi connectivity index (χ0v) is 12.6. The van der Waals surface area contributed by atoms with Crippen LogP contribution in [0.5, 0.6) is 0 Å². The SMILES string of the molecule is CC1CCCN(C(N)=NC2CC(c3ccc(F)cc3)C2)C1. The maximum absolute atomic E-state index is 12.9. The van der Waals surface area contributed by atoms with Crippen LogP contribution in [0.1, 0.15) is 44.1 Å². The van der Waals surface area contributed by atoms with Crippen molar-refractivity contribution in [3.8, 4) is 0 Å². The Balaban J connectivity index is 1.53. The summed E-state index contributed by atoms with van der Waals surface area (Å²) in [5.41, 5.74) is 7.37. The summed E-state index contributed by atoms with van der Waals surface area (Å²) in [5, 5.41) is 0. The summed E-state index contributed by atoms with van der Waals surface area (Å²) < 4.78 is 12.9. The maximum atomic E-state index is 12.9. The van der Waals surface area contributed by atoms with Crippen molar-refractivity contribution in [2.24, 2.45) is 16.6 Å². The van der Waals surface area contributed by atoms with Crippen molar-refractivity contribution in [3.05, 3.63) is 35.6 Å². The molecule has 1 unspecified atom stereocenters. The lowest BCUT2D eigenvalue weighted by Crippen LogP contribution is -2.44. The number of nitrogens with zero attached hydrogens (tertiary/aromatic N) is 2. The molecular weight excluding hydrogens is 265 g/mol. The van der Waals surface area contributed by atoms with Gasteiger partial charge in [-0.2, -0.15) is 0 Å². The van der Waals surface area contributed by atoms with E-state index in [0.29, 0.717) is 23.8 Å². The van der Waals surface area contributed by atoms with Gasteiger partial charge in [0.1, 0.15) is 5.82 Å². The van der Waals surface area contributed by atoms with Gasteiger partial charge in [-0.15, -0.1) is 0 Å². The van der Waals surface area contributed by atoms with E-state index in [4.69, 9.17) is 5.73 Å². The Hall–Kier alpha value is -1.58. The van der Waals surface area contributed by atoms with E-state index >= 15 is 0 Å². The third kappa shape index (κ3) is 3.36. The summed E-state index contributed by atoms with van der Waals surface area (Å²) in [4.78, 5) is 6.90. The predicted molar refractivity (Wildman–Crippen MR) is 83.8 cm³/mol. The number of guanidine groups is 1. The molecule has 0 radical (unpaired) electrons. The summed E-state index contributed by atoms with van der Waals surface area (Å²) in [7, 11) is 0. The van der Waals surface area contributed by atoms with Gasteiger partial charge in [-0.1, -0.05) is 19.1 Å². The minimum atomic E-state index is -0.170. The second kappa shape index (κ2) is 6.04. The fourth-order valence-corrected chi connectivity index (χ4v) is 3.37. The van der Waals surface area contributed by atoms with Crippen molar-refractivity contribution < 1.29 is 4.39 Å². The van der Waals surface area contributed by atoms with E-state index in [1.807, 2.05) is 12.1 Å². The Morgan fingerprint density at radius 1 is 1.29 bits per heavy atom. The monoisotopic (exact) mass is 289 g/mol. The number of benzene rings is 1. The number of nitrogens with two attached hydrogens (primary N) is 1. The van der Waals surface area contributed by atoms with Gasteiger partial charge in [0.25, 0.3) is 0 Å². The fraction of sp³-hybridized carbons (Fsp3) is 0.588. The van der Waals surface area contributed by atoms with E-state index in [2.05, 4.69) is 16.8 Å². The molecule has 1 saturated heterocycles. The largest absolute Gasteiger partial charge is 0.370 e. The molecule has 1 aliphatic carbocycles. The van der Waals surface area contributed by atoms with E-state index in [9.17, 15) is 4.39 Å². The average molecular weight is 289 g/mol. The smallest absolute Gasteiger partial charge is 0.191 e. The van der Waals surface area contributed by atoms with Gasteiger partial charge in [-0.25, -0.2) is 9.38 Å². The van der Waals surface area contributed by atoms with Crippen molar-refractivity contribution in [3.63, 3.8) is 0 Å². The van der Waals surface area contributed by atoms with Crippen LogP contribution in [0.2, 0.25) is 0 Å². The lowest BCUT2D eigenvalue weighted by atomic mass is 9.76. The van der Waals surface area contributed by atoms with Gasteiger partial charge in [0.2, 0.25) is 0 Å². The van der Waals surface area contributed by atoms with Crippen LogP contribution in [0.4, 0.5) is 4.39 Å². The number of hydrogen-bond acceptors (Lipinski definition) is 1. The number of piperidine rings is 1. The summed E-state index contributed by atoms with van der Waals surface area (Å²) in [6.45, 7) is 4.34. The first kappa shape index (κ1) is 14.4.